The lowest BCUT2D eigenvalue weighted by Crippen LogP contribution is -2.34. The standard InChI is InChI=1S/C9H19NO2/c1-4-5-6-7-9(12-3)10-8(2)11/h9H,4-7H2,1-3H3,(H,10,11). The van der Waals surface area contributed by atoms with Crippen LogP contribution in [0.25, 0.3) is 0 Å². The van der Waals surface area contributed by atoms with Crippen LogP contribution in [-0.4, -0.2) is 19.2 Å². The van der Waals surface area contributed by atoms with Crippen LogP contribution in [0.15, 0.2) is 0 Å². The van der Waals surface area contributed by atoms with E-state index in [0.717, 1.165) is 12.8 Å². The van der Waals surface area contributed by atoms with E-state index < -0.39 is 0 Å². The number of carbonyl (C=O) groups is 1. The second kappa shape index (κ2) is 7.10. The molecule has 0 saturated carbocycles. The maximum Gasteiger partial charge on any atom is 0.218 e. The number of rotatable bonds is 6. The van der Waals surface area contributed by atoms with Crippen molar-refractivity contribution >= 4 is 5.91 Å². The van der Waals surface area contributed by atoms with Crippen LogP contribution in [0.3, 0.4) is 0 Å². The molecule has 0 saturated heterocycles. The number of hydrogen-bond donors (Lipinski definition) is 1. The van der Waals surface area contributed by atoms with Gasteiger partial charge in [-0.25, -0.2) is 0 Å². The average molecular weight is 173 g/mol. The van der Waals surface area contributed by atoms with E-state index in [1.165, 1.54) is 19.8 Å². The Labute approximate surface area is 74.5 Å². The summed E-state index contributed by atoms with van der Waals surface area (Å²) < 4.78 is 5.08. The van der Waals surface area contributed by atoms with Gasteiger partial charge < -0.3 is 10.1 Å². The zero-order valence-electron chi connectivity index (χ0n) is 8.22. The number of hydrogen-bond acceptors (Lipinski definition) is 2. The van der Waals surface area contributed by atoms with Crippen molar-refractivity contribution in [3.63, 3.8) is 0 Å². The molecule has 1 unspecified atom stereocenters. The Balaban J connectivity index is 3.46. The van der Waals surface area contributed by atoms with E-state index in [0.29, 0.717) is 0 Å². The summed E-state index contributed by atoms with van der Waals surface area (Å²) in [6.07, 6.45) is 4.30. The van der Waals surface area contributed by atoms with E-state index in [1.807, 2.05) is 0 Å². The number of unbranched alkanes of at least 4 members (excludes halogenated alkanes) is 2. The number of amides is 1. The molecule has 0 rings (SSSR count). The molecule has 72 valence electrons. The molecule has 0 spiro atoms. The lowest BCUT2D eigenvalue weighted by molar-refractivity contribution is -0.122. The van der Waals surface area contributed by atoms with Gasteiger partial charge in [-0.1, -0.05) is 19.8 Å². The first-order valence-corrected chi connectivity index (χ1v) is 4.50. The maximum absolute atomic E-state index is 10.7. The molecule has 0 radical (unpaired) electrons. The molecular weight excluding hydrogens is 154 g/mol. The van der Waals surface area contributed by atoms with Crippen molar-refractivity contribution in [1.82, 2.24) is 5.32 Å². The fraction of sp³-hybridized carbons (Fsp3) is 0.889. The van der Waals surface area contributed by atoms with E-state index >= 15 is 0 Å². The van der Waals surface area contributed by atoms with E-state index in [2.05, 4.69) is 12.2 Å². The van der Waals surface area contributed by atoms with Crippen LogP contribution in [0.4, 0.5) is 0 Å². The summed E-state index contributed by atoms with van der Waals surface area (Å²) in [6.45, 7) is 3.66. The van der Waals surface area contributed by atoms with Crippen molar-refractivity contribution in [3.8, 4) is 0 Å². The highest BCUT2D eigenvalue weighted by atomic mass is 16.5. The van der Waals surface area contributed by atoms with Gasteiger partial charge in [-0.2, -0.15) is 0 Å². The van der Waals surface area contributed by atoms with E-state index in [-0.39, 0.29) is 12.1 Å². The first kappa shape index (κ1) is 11.4. The summed E-state index contributed by atoms with van der Waals surface area (Å²) in [5, 5.41) is 2.73. The van der Waals surface area contributed by atoms with Gasteiger partial charge in [-0.15, -0.1) is 0 Å². The van der Waals surface area contributed by atoms with Crippen molar-refractivity contribution in [2.24, 2.45) is 0 Å². The Kier molecular flexibility index (Phi) is 6.76. The third-order valence-corrected chi connectivity index (χ3v) is 1.72. The molecule has 0 heterocycles. The first-order chi connectivity index (χ1) is 5.70. The van der Waals surface area contributed by atoms with Crippen molar-refractivity contribution < 1.29 is 9.53 Å². The maximum atomic E-state index is 10.7. The zero-order chi connectivity index (χ0) is 9.40. The van der Waals surface area contributed by atoms with Gasteiger partial charge in [0.25, 0.3) is 0 Å². The predicted molar refractivity (Wildman–Crippen MR) is 48.8 cm³/mol. The van der Waals surface area contributed by atoms with Crippen LogP contribution < -0.4 is 5.32 Å². The monoisotopic (exact) mass is 173 g/mol. The second-order valence-corrected chi connectivity index (χ2v) is 2.92. The highest BCUT2D eigenvalue weighted by Crippen LogP contribution is 2.03. The first-order valence-electron chi connectivity index (χ1n) is 4.50. The Bertz CT molecular complexity index is 126. The van der Waals surface area contributed by atoms with Gasteiger partial charge in [0, 0.05) is 14.0 Å². The van der Waals surface area contributed by atoms with Crippen molar-refractivity contribution in [1.29, 1.82) is 0 Å². The molecular formula is C9H19NO2. The van der Waals surface area contributed by atoms with Gasteiger partial charge in [0.15, 0.2) is 0 Å². The topological polar surface area (TPSA) is 38.3 Å². The Morgan fingerprint density at radius 1 is 1.50 bits per heavy atom. The van der Waals surface area contributed by atoms with Gasteiger partial charge in [-0.3, -0.25) is 4.79 Å². The normalized spacial score (nSPS) is 12.6. The van der Waals surface area contributed by atoms with Crippen LogP contribution in [-0.2, 0) is 9.53 Å². The molecule has 12 heavy (non-hydrogen) atoms. The highest BCUT2D eigenvalue weighted by Gasteiger charge is 2.06. The molecule has 3 heteroatoms. The number of carbonyl (C=O) groups excluding carboxylic acids is 1. The molecule has 1 N–H and O–H groups in total. The Morgan fingerprint density at radius 3 is 2.58 bits per heavy atom. The Hall–Kier alpha value is -0.570. The molecule has 0 aromatic heterocycles. The largest absolute Gasteiger partial charge is 0.362 e. The van der Waals surface area contributed by atoms with Crippen molar-refractivity contribution in [2.45, 2.75) is 45.8 Å². The second-order valence-electron chi connectivity index (χ2n) is 2.92. The van der Waals surface area contributed by atoms with E-state index in [9.17, 15) is 4.79 Å². The lowest BCUT2D eigenvalue weighted by atomic mass is 10.2. The Morgan fingerprint density at radius 2 is 2.17 bits per heavy atom. The molecule has 0 bridgehead atoms. The van der Waals surface area contributed by atoms with Gasteiger partial charge in [-0.05, 0) is 12.8 Å². The molecule has 0 fully saturated rings. The van der Waals surface area contributed by atoms with E-state index in [4.69, 9.17) is 4.74 Å². The predicted octanol–water partition coefficient (Wildman–Crippen LogP) is 1.68. The lowest BCUT2D eigenvalue weighted by Gasteiger charge is -2.15. The van der Waals surface area contributed by atoms with Crippen molar-refractivity contribution in [2.75, 3.05) is 7.11 Å². The summed E-state index contributed by atoms with van der Waals surface area (Å²) >= 11 is 0. The van der Waals surface area contributed by atoms with E-state index in [1.54, 1.807) is 7.11 Å². The molecule has 0 aliphatic carbocycles. The number of methoxy groups -OCH3 is 1. The SMILES string of the molecule is CCCCCC(NC(C)=O)OC. The molecule has 3 nitrogen and oxygen atoms in total. The average Bonchev–Trinajstić information content (AvgIpc) is 2.02. The minimum atomic E-state index is -0.103. The van der Waals surface area contributed by atoms with Gasteiger partial charge in [0.2, 0.25) is 5.91 Å². The van der Waals surface area contributed by atoms with Gasteiger partial charge in [0.05, 0.1) is 0 Å². The quantitative estimate of drug-likeness (QED) is 0.490. The highest BCUT2D eigenvalue weighted by molar-refractivity contribution is 5.72. The summed E-state index contributed by atoms with van der Waals surface area (Å²) in [7, 11) is 1.62. The van der Waals surface area contributed by atoms with Crippen LogP contribution in [0.1, 0.15) is 39.5 Å². The number of ether oxygens (including phenoxy) is 1. The minimum absolute atomic E-state index is 0.0293. The van der Waals surface area contributed by atoms with Gasteiger partial charge >= 0.3 is 0 Å². The smallest absolute Gasteiger partial charge is 0.218 e. The molecule has 0 aliphatic heterocycles. The van der Waals surface area contributed by atoms with Crippen molar-refractivity contribution in [3.05, 3.63) is 0 Å². The molecule has 1 atom stereocenters. The van der Waals surface area contributed by atoms with Crippen LogP contribution in [0.2, 0.25) is 0 Å². The molecule has 1 amide bonds. The third kappa shape index (κ3) is 6.16. The fourth-order valence-electron chi connectivity index (χ4n) is 1.06. The summed E-state index contributed by atoms with van der Waals surface area (Å²) in [6, 6.07) is 0. The molecule has 0 aliphatic rings. The summed E-state index contributed by atoms with van der Waals surface area (Å²) in [5.41, 5.74) is 0. The molecule has 0 aromatic carbocycles. The van der Waals surface area contributed by atoms with Crippen LogP contribution in [0, 0.1) is 0 Å². The minimum Gasteiger partial charge on any atom is -0.362 e. The molecule has 0 aromatic rings. The fourth-order valence-corrected chi connectivity index (χ4v) is 1.06. The number of nitrogens with one attached hydrogen (secondary N) is 1. The summed E-state index contributed by atoms with van der Waals surface area (Å²) in [5.74, 6) is -0.0293. The third-order valence-electron chi connectivity index (χ3n) is 1.72. The zero-order valence-corrected chi connectivity index (χ0v) is 8.22. The summed E-state index contributed by atoms with van der Waals surface area (Å²) in [4.78, 5) is 10.7. The van der Waals surface area contributed by atoms with Crippen LogP contribution >= 0.6 is 0 Å². The van der Waals surface area contributed by atoms with Gasteiger partial charge in [0.1, 0.15) is 6.23 Å². The van der Waals surface area contributed by atoms with Crippen LogP contribution in [0.5, 0.6) is 0 Å².